The third-order valence-corrected chi connectivity index (χ3v) is 5.24. The maximum atomic E-state index is 14.0. The van der Waals surface area contributed by atoms with Gasteiger partial charge < -0.3 is 19.5 Å². The van der Waals surface area contributed by atoms with Crippen molar-refractivity contribution in [3.05, 3.63) is 53.6 Å². The van der Waals surface area contributed by atoms with Gasteiger partial charge in [0.25, 0.3) is 17.5 Å². The van der Waals surface area contributed by atoms with Gasteiger partial charge in [-0.25, -0.2) is 4.79 Å². The third-order valence-electron chi connectivity index (χ3n) is 5.24. The van der Waals surface area contributed by atoms with Crippen LogP contribution in [0.25, 0.3) is 0 Å². The van der Waals surface area contributed by atoms with E-state index in [2.05, 4.69) is 0 Å². The van der Waals surface area contributed by atoms with Crippen LogP contribution in [0.3, 0.4) is 0 Å². The van der Waals surface area contributed by atoms with Gasteiger partial charge in [-0.2, -0.15) is 13.2 Å². The number of carbonyl (C=O) groups is 3. The molecule has 182 valence electrons. The fourth-order valence-electron chi connectivity index (χ4n) is 3.41. The number of hydrogen-bond donors (Lipinski definition) is 2. The molecule has 0 spiro atoms. The number of nitrogens with zero attached hydrogens (tertiary/aromatic N) is 1. The molecule has 0 saturated carbocycles. The van der Waals surface area contributed by atoms with E-state index in [1.807, 2.05) is 0 Å². The summed E-state index contributed by atoms with van der Waals surface area (Å²) in [4.78, 5) is 38.2. The fourth-order valence-corrected chi connectivity index (χ4v) is 3.41. The lowest BCUT2D eigenvalue weighted by Gasteiger charge is -2.30. The molecule has 3 rings (SSSR count). The lowest BCUT2D eigenvalue weighted by molar-refractivity contribution is -0.200. The number of carbonyl (C=O) groups excluding carboxylic acids is 3. The minimum atomic E-state index is -5.31. The van der Waals surface area contributed by atoms with Gasteiger partial charge in [0.1, 0.15) is 5.75 Å². The molecule has 34 heavy (non-hydrogen) atoms. The zero-order chi connectivity index (χ0) is 25.1. The summed E-state index contributed by atoms with van der Waals surface area (Å²) in [6.45, 7) is -0.368. The Morgan fingerprint density at radius 2 is 1.74 bits per heavy atom. The van der Waals surface area contributed by atoms with E-state index in [1.54, 1.807) is 28.8 Å². The van der Waals surface area contributed by atoms with Crippen LogP contribution < -0.4 is 24.8 Å². The largest absolute Gasteiger partial charge is 0.497 e. The summed E-state index contributed by atoms with van der Waals surface area (Å²) in [5.41, 5.74) is -3.21. The predicted octanol–water partition coefficient (Wildman–Crippen LogP) is 2.50. The molecule has 1 atom stereocenters. The smallest absolute Gasteiger partial charge is 0.440 e. The van der Waals surface area contributed by atoms with E-state index in [9.17, 15) is 27.6 Å². The van der Waals surface area contributed by atoms with Crippen LogP contribution in [0.2, 0.25) is 0 Å². The van der Waals surface area contributed by atoms with E-state index in [1.165, 1.54) is 45.6 Å². The standard InChI is InChI=1S/C22H22F3N3O6/c1-32-15-6-4-5-14(12-15)18(29)26-21(22(23,24)25)19(30)28(20(31)27-21)10-9-13-7-8-16(33-2)17(11-13)34-3/h4-8,11-12H,9-10H2,1-3H3,(H,26,29)(H,27,31). The molecule has 0 bridgehead atoms. The van der Waals surface area contributed by atoms with Crippen LogP contribution >= 0.6 is 0 Å². The monoisotopic (exact) mass is 481 g/mol. The summed E-state index contributed by atoms with van der Waals surface area (Å²) in [6.07, 6.45) is -5.27. The van der Waals surface area contributed by atoms with Crippen LogP contribution in [0, 0.1) is 0 Å². The number of rotatable bonds is 8. The van der Waals surface area contributed by atoms with Gasteiger partial charge in [0.05, 0.1) is 21.3 Å². The molecule has 1 aliphatic heterocycles. The number of halogens is 3. The molecule has 0 aliphatic carbocycles. The minimum Gasteiger partial charge on any atom is -0.497 e. The molecule has 1 heterocycles. The summed E-state index contributed by atoms with van der Waals surface area (Å²) in [5, 5.41) is 3.28. The molecular formula is C22H22F3N3O6. The van der Waals surface area contributed by atoms with Crippen LogP contribution in [0.4, 0.5) is 18.0 Å². The summed E-state index contributed by atoms with van der Waals surface area (Å²) >= 11 is 0. The average molecular weight is 481 g/mol. The van der Waals surface area contributed by atoms with Crippen molar-refractivity contribution in [2.24, 2.45) is 0 Å². The second-order valence-corrected chi connectivity index (χ2v) is 7.26. The number of imide groups is 1. The molecule has 0 radical (unpaired) electrons. The van der Waals surface area contributed by atoms with Gasteiger partial charge in [0, 0.05) is 12.1 Å². The van der Waals surface area contributed by atoms with Crippen LogP contribution in [0.15, 0.2) is 42.5 Å². The van der Waals surface area contributed by atoms with E-state index in [4.69, 9.17) is 14.2 Å². The third kappa shape index (κ3) is 4.56. The zero-order valence-corrected chi connectivity index (χ0v) is 18.5. The number of ether oxygens (including phenoxy) is 3. The van der Waals surface area contributed by atoms with Gasteiger partial charge >= 0.3 is 12.2 Å². The van der Waals surface area contributed by atoms with Crippen molar-refractivity contribution in [3.8, 4) is 17.2 Å². The van der Waals surface area contributed by atoms with E-state index in [0.717, 1.165) is 0 Å². The second kappa shape index (κ2) is 9.49. The number of nitrogens with one attached hydrogen (secondary N) is 2. The van der Waals surface area contributed by atoms with Gasteiger partial charge in [-0.3, -0.25) is 19.8 Å². The van der Waals surface area contributed by atoms with E-state index < -0.39 is 29.7 Å². The van der Waals surface area contributed by atoms with Crippen LogP contribution in [-0.2, 0) is 11.2 Å². The summed E-state index contributed by atoms with van der Waals surface area (Å²) < 4.78 is 57.4. The molecule has 2 aromatic carbocycles. The number of hydrogen-bond acceptors (Lipinski definition) is 6. The first-order valence-corrected chi connectivity index (χ1v) is 9.94. The first-order valence-electron chi connectivity index (χ1n) is 9.94. The van der Waals surface area contributed by atoms with Gasteiger partial charge in [-0.1, -0.05) is 12.1 Å². The topological polar surface area (TPSA) is 106 Å². The van der Waals surface area contributed by atoms with Crippen molar-refractivity contribution in [1.82, 2.24) is 15.5 Å². The first kappa shape index (κ1) is 24.7. The fraction of sp³-hybridized carbons (Fsp3) is 0.318. The number of alkyl halides is 3. The van der Waals surface area contributed by atoms with Crippen molar-refractivity contribution >= 4 is 17.8 Å². The molecular weight excluding hydrogens is 459 g/mol. The molecule has 1 saturated heterocycles. The highest BCUT2D eigenvalue weighted by molar-refractivity contribution is 6.10. The van der Waals surface area contributed by atoms with E-state index >= 15 is 0 Å². The molecule has 1 unspecified atom stereocenters. The molecule has 4 amide bonds. The van der Waals surface area contributed by atoms with E-state index in [0.29, 0.717) is 22.0 Å². The van der Waals surface area contributed by atoms with Crippen molar-refractivity contribution in [2.45, 2.75) is 18.3 Å². The molecule has 2 N–H and O–H groups in total. The van der Waals surface area contributed by atoms with Gasteiger partial charge in [-0.05, 0) is 42.3 Å². The maximum absolute atomic E-state index is 14.0. The Hall–Kier alpha value is -3.96. The average Bonchev–Trinajstić information content (AvgIpc) is 3.06. The van der Waals surface area contributed by atoms with Crippen LogP contribution in [0.1, 0.15) is 15.9 Å². The predicted molar refractivity (Wildman–Crippen MR) is 113 cm³/mol. The van der Waals surface area contributed by atoms with Gasteiger partial charge in [0.15, 0.2) is 11.5 Å². The van der Waals surface area contributed by atoms with Crippen LogP contribution in [0.5, 0.6) is 17.2 Å². The lowest BCUT2D eigenvalue weighted by Crippen LogP contribution is -2.69. The maximum Gasteiger partial charge on any atom is 0.440 e. The van der Waals surface area contributed by atoms with E-state index in [-0.39, 0.29) is 24.3 Å². The molecule has 12 heteroatoms. The highest BCUT2D eigenvalue weighted by Crippen LogP contribution is 2.34. The minimum absolute atomic E-state index is 0.0390. The molecule has 1 fully saturated rings. The number of urea groups is 1. The normalized spacial score (nSPS) is 17.9. The Morgan fingerprint density at radius 3 is 2.35 bits per heavy atom. The SMILES string of the molecule is COc1cccc(C(=O)NC2(C(F)(F)F)NC(=O)N(CCc3ccc(OC)c(OC)c3)C2=O)c1. The first-order chi connectivity index (χ1) is 16.1. The van der Waals surface area contributed by atoms with Crippen molar-refractivity contribution in [3.63, 3.8) is 0 Å². The summed E-state index contributed by atoms with van der Waals surface area (Å²) in [6, 6.07) is 8.86. The Bertz CT molecular complexity index is 1110. The quantitative estimate of drug-likeness (QED) is 0.562. The Labute approximate surface area is 192 Å². The van der Waals surface area contributed by atoms with Gasteiger partial charge in [-0.15, -0.1) is 0 Å². The lowest BCUT2D eigenvalue weighted by atomic mass is 10.1. The number of methoxy groups -OCH3 is 3. The summed E-state index contributed by atoms with van der Waals surface area (Å²) in [5.74, 6) is -1.80. The van der Waals surface area contributed by atoms with Gasteiger partial charge in [0.2, 0.25) is 0 Å². The second-order valence-electron chi connectivity index (χ2n) is 7.26. The summed E-state index contributed by atoms with van der Waals surface area (Å²) in [7, 11) is 4.19. The Kier molecular flexibility index (Phi) is 6.89. The molecule has 1 aliphatic rings. The van der Waals surface area contributed by atoms with Crippen molar-refractivity contribution < 1.29 is 41.8 Å². The van der Waals surface area contributed by atoms with Crippen LogP contribution in [-0.4, -0.2) is 62.5 Å². The molecule has 2 aromatic rings. The zero-order valence-electron chi connectivity index (χ0n) is 18.5. The Morgan fingerprint density at radius 1 is 1.03 bits per heavy atom. The van der Waals surface area contributed by atoms with Crippen molar-refractivity contribution in [2.75, 3.05) is 27.9 Å². The molecule has 9 nitrogen and oxygen atoms in total. The number of benzene rings is 2. The number of amides is 4. The Balaban J connectivity index is 1.83. The highest BCUT2D eigenvalue weighted by atomic mass is 19.4. The van der Waals surface area contributed by atoms with Crippen molar-refractivity contribution in [1.29, 1.82) is 0 Å². The highest BCUT2D eigenvalue weighted by Gasteiger charge is 2.68. The molecule has 0 aromatic heterocycles.